The first-order valence-electron chi connectivity index (χ1n) is 6.77. The number of carbonyl (C=O) groups excluding carboxylic acids is 2. The number of hydrogen-bond acceptors (Lipinski definition) is 6. The van der Waals surface area contributed by atoms with Gasteiger partial charge in [0, 0.05) is 0 Å². The predicted octanol–water partition coefficient (Wildman–Crippen LogP) is 2.56. The SMILES string of the molecule is CCC(C)(C(=O)OOC(=O)C1(C)OOC1C)C(C)(C)C. The molecule has 20 heavy (non-hydrogen) atoms. The van der Waals surface area contributed by atoms with Gasteiger partial charge in [0.05, 0.1) is 5.41 Å². The standard InChI is InChI=1S/C14H24O6/c1-8-13(6,12(3,4)5)10(15)18-19-11(16)14(7)9(2)17-20-14/h9H,8H2,1-7H3. The van der Waals surface area contributed by atoms with E-state index in [2.05, 4.69) is 9.78 Å². The molecule has 1 saturated heterocycles. The predicted molar refractivity (Wildman–Crippen MR) is 70.1 cm³/mol. The minimum atomic E-state index is -1.23. The molecular weight excluding hydrogens is 264 g/mol. The van der Waals surface area contributed by atoms with Crippen molar-refractivity contribution in [3.8, 4) is 0 Å². The molecule has 0 aromatic rings. The van der Waals surface area contributed by atoms with Crippen molar-refractivity contribution < 1.29 is 29.1 Å². The molecule has 6 heteroatoms. The summed E-state index contributed by atoms with van der Waals surface area (Å²) in [6.07, 6.45) is 0.119. The van der Waals surface area contributed by atoms with Gasteiger partial charge in [0.2, 0.25) is 5.60 Å². The fourth-order valence-corrected chi connectivity index (χ4v) is 1.72. The third kappa shape index (κ3) is 2.67. The van der Waals surface area contributed by atoms with Crippen LogP contribution in [0.25, 0.3) is 0 Å². The summed E-state index contributed by atoms with van der Waals surface area (Å²) in [6.45, 7) is 12.7. The third-order valence-corrected chi connectivity index (χ3v) is 4.55. The van der Waals surface area contributed by atoms with Gasteiger partial charge in [-0.2, -0.15) is 0 Å². The lowest BCUT2D eigenvalue weighted by Gasteiger charge is -2.40. The van der Waals surface area contributed by atoms with Gasteiger partial charge in [-0.05, 0) is 32.6 Å². The van der Waals surface area contributed by atoms with Crippen LogP contribution in [0.15, 0.2) is 0 Å². The van der Waals surface area contributed by atoms with Crippen LogP contribution < -0.4 is 0 Å². The smallest absolute Gasteiger partial charge is 0.247 e. The molecule has 6 nitrogen and oxygen atoms in total. The van der Waals surface area contributed by atoms with Crippen molar-refractivity contribution >= 4 is 11.9 Å². The highest BCUT2D eigenvalue weighted by Crippen LogP contribution is 2.42. The highest BCUT2D eigenvalue weighted by Gasteiger charge is 2.54. The largest absolute Gasteiger partial charge is 0.392 e. The van der Waals surface area contributed by atoms with E-state index in [4.69, 9.17) is 9.78 Å². The van der Waals surface area contributed by atoms with E-state index in [1.54, 1.807) is 13.8 Å². The van der Waals surface area contributed by atoms with Gasteiger partial charge < -0.3 is 0 Å². The number of rotatable bonds is 3. The van der Waals surface area contributed by atoms with E-state index >= 15 is 0 Å². The molecule has 1 fully saturated rings. The molecule has 1 heterocycles. The maximum Gasteiger partial charge on any atom is 0.392 e. The zero-order chi connectivity index (χ0) is 15.8. The van der Waals surface area contributed by atoms with Gasteiger partial charge in [0.1, 0.15) is 6.10 Å². The molecule has 1 aliphatic rings. The normalized spacial score (nSPS) is 29.1. The monoisotopic (exact) mass is 288 g/mol. The Labute approximate surface area is 119 Å². The second-order valence-corrected chi connectivity index (χ2v) is 6.61. The van der Waals surface area contributed by atoms with Crippen LogP contribution in [-0.4, -0.2) is 23.6 Å². The lowest BCUT2D eigenvalue weighted by molar-refractivity contribution is -0.492. The lowest BCUT2D eigenvalue weighted by atomic mass is 9.66. The van der Waals surface area contributed by atoms with Crippen LogP contribution in [0, 0.1) is 10.8 Å². The molecule has 0 radical (unpaired) electrons. The molecule has 0 aliphatic carbocycles. The second kappa shape index (κ2) is 5.33. The summed E-state index contributed by atoms with van der Waals surface area (Å²) in [6, 6.07) is 0. The number of hydrogen-bond donors (Lipinski definition) is 0. The summed E-state index contributed by atoms with van der Waals surface area (Å²) >= 11 is 0. The van der Waals surface area contributed by atoms with Gasteiger partial charge in [-0.15, -0.1) is 0 Å². The number of carbonyl (C=O) groups is 2. The van der Waals surface area contributed by atoms with E-state index in [1.807, 2.05) is 27.7 Å². The second-order valence-electron chi connectivity index (χ2n) is 6.61. The molecule has 0 aromatic carbocycles. The van der Waals surface area contributed by atoms with Crippen molar-refractivity contribution in [3.63, 3.8) is 0 Å². The van der Waals surface area contributed by atoms with Crippen molar-refractivity contribution in [2.75, 3.05) is 0 Å². The Bertz CT molecular complexity index is 399. The molecule has 3 unspecified atom stereocenters. The molecule has 116 valence electrons. The molecule has 1 rings (SSSR count). The van der Waals surface area contributed by atoms with Gasteiger partial charge in [-0.3, -0.25) is 0 Å². The van der Waals surface area contributed by atoms with E-state index in [9.17, 15) is 9.59 Å². The Morgan fingerprint density at radius 3 is 2.05 bits per heavy atom. The zero-order valence-corrected chi connectivity index (χ0v) is 13.2. The highest BCUT2D eigenvalue weighted by atomic mass is 17.3. The highest BCUT2D eigenvalue weighted by molar-refractivity contribution is 5.82. The topological polar surface area (TPSA) is 71.1 Å². The Morgan fingerprint density at radius 2 is 1.75 bits per heavy atom. The summed E-state index contributed by atoms with van der Waals surface area (Å²) in [5.41, 5.74) is -2.31. The summed E-state index contributed by atoms with van der Waals surface area (Å²) < 4.78 is 0. The van der Waals surface area contributed by atoms with Gasteiger partial charge in [0.25, 0.3) is 0 Å². The van der Waals surface area contributed by atoms with Gasteiger partial charge in [-0.25, -0.2) is 29.1 Å². The fourth-order valence-electron chi connectivity index (χ4n) is 1.72. The first kappa shape index (κ1) is 16.9. The molecule has 0 spiro atoms. The van der Waals surface area contributed by atoms with Crippen molar-refractivity contribution in [1.29, 1.82) is 0 Å². The fraction of sp³-hybridized carbons (Fsp3) is 0.857. The van der Waals surface area contributed by atoms with Gasteiger partial charge in [0.15, 0.2) is 0 Å². The minimum Gasteiger partial charge on any atom is -0.247 e. The summed E-state index contributed by atoms with van der Waals surface area (Å²) in [5, 5.41) is 0. The van der Waals surface area contributed by atoms with Crippen LogP contribution in [0.3, 0.4) is 0 Å². The van der Waals surface area contributed by atoms with Gasteiger partial charge >= 0.3 is 11.9 Å². The Morgan fingerprint density at radius 1 is 1.20 bits per heavy atom. The molecule has 0 bridgehead atoms. The Kier molecular flexibility index (Phi) is 4.51. The zero-order valence-electron chi connectivity index (χ0n) is 13.2. The van der Waals surface area contributed by atoms with Crippen LogP contribution >= 0.6 is 0 Å². The van der Waals surface area contributed by atoms with Crippen LogP contribution in [0.1, 0.15) is 54.9 Å². The summed E-state index contributed by atoms with van der Waals surface area (Å²) in [7, 11) is 0. The Balaban J connectivity index is 2.66. The molecule has 1 aliphatic heterocycles. The lowest BCUT2D eigenvalue weighted by Crippen LogP contribution is -2.59. The maximum atomic E-state index is 12.2. The minimum absolute atomic E-state index is 0.321. The van der Waals surface area contributed by atoms with Crippen LogP contribution in [0.4, 0.5) is 0 Å². The van der Waals surface area contributed by atoms with E-state index in [1.165, 1.54) is 6.92 Å². The summed E-state index contributed by atoms with van der Waals surface area (Å²) in [4.78, 5) is 42.8. The van der Waals surface area contributed by atoms with Crippen LogP contribution in [-0.2, 0) is 29.1 Å². The van der Waals surface area contributed by atoms with Crippen LogP contribution in [0.5, 0.6) is 0 Å². The average Bonchev–Trinajstić information content (AvgIpc) is 2.39. The maximum absolute atomic E-state index is 12.2. The molecule has 3 atom stereocenters. The molecular formula is C14H24O6. The van der Waals surface area contributed by atoms with E-state index in [-0.39, 0.29) is 5.41 Å². The molecule has 0 saturated carbocycles. The van der Waals surface area contributed by atoms with Crippen molar-refractivity contribution in [2.45, 2.75) is 66.6 Å². The quantitative estimate of drug-likeness (QED) is 0.587. The Hall–Kier alpha value is -1.14. The van der Waals surface area contributed by atoms with Crippen molar-refractivity contribution in [3.05, 3.63) is 0 Å². The van der Waals surface area contributed by atoms with E-state index in [0.717, 1.165) is 0 Å². The first-order chi connectivity index (χ1) is 8.99. The first-order valence-corrected chi connectivity index (χ1v) is 6.77. The van der Waals surface area contributed by atoms with Crippen LogP contribution in [0.2, 0.25) is 0 Å². The van der Waals surface area contributed by atoms with E-state index in [0.29, 0.717) is 6.42 Å². The molecule has 0 aromatic heterocycles. The molecule has 0 amide bonds. The van der Waals surface area contributed by atoms with Crippen molar-refractivity contribution in [1.82, 2.24) is 0 Å². The third-order valence-electron chi connectivity index (χ3n) is 4.55. The summed E-state index contributed by atoms with van der Waals surface area (Å²) in [5.74, 6) is -1.35. The average molecular weight is 288 g/mol. The van der Waals surface area contributed by atoms with Gasteiger partial charge in [-0.1, -0.05) is 27.7 Å². The van der Waals surface area contributed by atoms with E-state index < -0.39 is 29.1 Å². The molecule has 0 N–H and O–H groups in total. The van der Waals surface area contributed by atoms with Crippen molar-refractivity contribution in [2.24, 2.45) is 10.8 Å².